The summed E-state index contributed by atoms with van der Waals surface area (Å²) < 4.78 is 16.9. The number of nitrogens with zero attached hydrogens (tertiary/aromatic N) is 11. The van der Waals surface area contributed by atoms with Crippen molar-refractivity contribution in [3.63, 3.8) is 0 Å². The smallest absolute Gasteiger partial charge is 0.415 e. The highest BCUT2D eigenvalue weighted by Gasteiger charge is 2.35. The van der Waals surface area contributed by atoms with E-state index >= 15 is 0 Å². The Morgan fingerprint density at radius 3 is 2.10 bits per heavy atom. The largest absolute Gasteiger partial charge is 0.497 e. The number of imide groups is 1. The number of benzene rings is 3. The van der Waals surface area contributed by atoms with Gasteiger partial charge >= 0.3 is 12.1 Å². The molecule has 5 aliphatic rings. The Balaban J connectivity index is 0.667. The summed E-state index contributed by atoms with van der Waals surface area (Å²) in [6, 6.07) is 22.1. The molecule has 0 spiro atoms. The summed E-state index contributed by atoms with van der Waals surface area (Å²) in [5.74, 6) is 1.58. The van der Waals surface area contributed by atoms with Crippen LogP contribution in [0.3, 0.4) is 0 Å². The SMILES string of the molecule is COc1ccc(CN2C(=O)CCN(c3ccc(N4CCN(CCN5CCN(c6ccc(Nc7ncc8c(n7)CN(c7cnc9c(c7C)N(C(=O)OC(C)(C)C)CCO9)CC8)cc6)CC5)CC4)cc3C)C2=O)cc1. The van der Waals surface area contributed by atoms with Crippen LogP contribution >= 0.6 is 0 Å². The van der Waals surface area contributed by atoms with Crippen molar-refractivity contribution in [1.29, 1.82) is 0 Å². The van der Waals surface area contributed by atoms with E-state index in [4.69, 9.17) is 19.2 Å². The number of rotatable bonds is 12. The number of aromatic nitrogens is 3. The highest BCUT2D eigenvalue weighted by Crippen LogP contribution is 2.40. The van der Waals surface area contributed by atoms with E-state index < -0.39 is 11.7 Å². The molecule has 3 aromatic carbocycles. The Labute approximate surface area is 428 Å². The Morgan fingerprint density at radius 2 is 1.42 bits per heavy atom. The minimum Gasteiger partial charge on any atom is -0.497 e. The van der Waals surface area contributed by atoms with Crippen LogP contribution in [-0.2, 0) is 29.0 Å². The van der Waals surface area contributed by atoms with Crippen LogP contribution in [0.1, 0.15) is 55.1 Å². The lowest BCUT2D eigenvalue weighted by Gasteiger charge is -2.39. The fourth-order valence-electron chi connectivity index (χ4n) is 10.5. The fourth-order valence-corrected chi connectivity index (χ4v) is 10.5. The minimum atomic E-state index is -0.619. The molecule has 4 amide bonds. The van der Waals surface area contributed by atoms with Crippen LogP contribution in [0.15, 0.2) is 79.1 Å². The van der Waals surface area contributed by atoms with Crippen molar-refractivity contribution < 1.29 is 28.6 Å². The van der Waals surface area contributed by atoms with E-state index in [1.54, 1.807) is 16.9 Å². The van der Waals surface area contributed by atoms with Crippen molar-refractivity contribution in [2.24, 2.45) is 0 Å². The zero-order valence-corrected chi connectivity index (χ0v) is 43.1. The highest BCUT2D eigenvalue weighted by atomic mass is 16.6. The first-order valence-electron chi connectivity index (χ1n) is 25.7. The number of methoxy groups -OCH3 is 1. The number of amides is 4. The van der Waals surface area contributed by atoms with Crippen LogP contribution in [0.5, 0.6) is 11.6 Å². The zero-order chi connectivity index (χ0) is 50.8. The summed E-state index contributed by atoms with van der Waals surface area (Å²) in [5.41, 5.74) is 10.0. The van der Waals surface area contributed by atoms with Gasteiger partial charge in [0.05, 0.1) is 44.3 Å². The number of piperazine rings is 2. The van der Waals surface area contributed by atoms with Crippen molar-refractivity contribution in [2.75, 3.05) is 129 Å². The average Bonchev–Trinajstić information content (AvgIpc) is 3.39. The van der Waals surface area contributed by atoms with E-state index in [0.717, 1.165) is 129 Å². The van der Waals surface area contributed by atoms with Crippen molar-refractivity contribution in [1.82, 2.24) is 29.7 Å². The van der Waals surface area contributed by atoms with Gasteiger partial charge in [-0.2, -0.15) is 0 Å². The molecular weight excluding hydrogens is 925 g/mol. The number of anilines is 7. The quantitative estimate of drug-likeness (QED) is 0.133. The predicted octanol–water partition coefficient (Wildman–Crippen LogP) is 7.24. The Hall–Kier alpha value is -7.18. The van der Waals surface area contributed by atoms with Crippen LogP contribution in [0.2, 0.25) is 0 Å². The highest BCUT2D eigenvalue weighted by molar-refractivity contribution is 6.06. The maximum atomic E-state index is 13.7. The first-order chi connectivity index (χ1) is 35.3. The number of aryl methyl sites for hydroxylation is 1. The van der Waals surface area contributed by atoms with Crippen LogP contribution in [0.25, 0.3) is 0 Å². The number of nitrogens with one attached hydrogen (secondary N) is 1. The fraction of sp³-hybridized carbons (Fsp3) is 0.455. The van der Waals surface area contributed by atoms with E-state index in [1.807, 2.05) is 70.4 Å². The zero-order valence-electron chi connectivity index (χ0n) is 43.1. The van der Waals surface area contributed by atoms with Gasteiger partial charge in [-0.3, -0.25) is 29.3 Å². The second-order valence-electron chi connectivity index (χ2n) is 20.6. The van der Waals surface area contributed by atoms with Crippen molar-refractivity contribution in [2.45, 2.75) is 66.2 Å². The Kier molecular flexibility index (Phi) is 14.3. The second kappa shape index (κ2) is 21.1. The van der Waals surface area contributed by atoms with E-state index in [9.17, 15) is 14.4 Å². The van der Waals surface area contributed by atoms with Gasteiger partial charge in [-0.25, -0.2) is 24.5 Å². The third kappa shape index (κ3) is 11.1. The molecule has 384 valence electrons. The predicted molar refractivity (Wildman–Crippen MR) is 284 cm³/mol. The molecule has 2 aromatic heterocycles. The van der Waals surface area contributed by atoms with Gasteiger partial charge in [0, 0.05) is 119 Å². The topological polar surface area (TPSA) is 156 Å². The van der Waals surface area contributed by atoms with Gasteiger partial charge in [-0.05, 0) is 112 Å². The number of hydrogen-bond acceptors (Lipinski definition) is 15. The van der Waals surface area contributed by atoms with Gasteiger partial charge in [-0.15, -0.1) is 0 Å². The number of carbonyl (C=O) groups excluding carboxylic acids is 3. The van der Waals surface area contributed by atoms with Gasteiger partial charge in [0.2, 0.25) is 17.7 Å². The molecular formula is C55H68N12O6. The van der Waals surface area contributed by atoms with Gasteiger partial charge in [0.1, 0.15) is 23.6 Å². The Morgan fingerprint density at radius 1 is 0.740 bits per heavy atom. The Bertz CT molecular complexity index is 2810. The average molecular weight is 993 g/mol. The van der Waals surface area contributed by atoms with E-state index in [1.165, 1.54) is 16.3 Å². The molecule has 0 aliphatic carbocycles. The number of pyridine rings is 1. The van der Waals surface area contributed by atoms with E-state index in [2.05, 4.69) is 83.1 Å². The maximum absolute atomic E-state index is 13.7. The van der Waals surface area contributed by atoms with Crippen LogP contribution in [0, 0.1) is 13.8 Å². The molecule has 18 heteroatoms. The lowest BCUT2D eigenvalue weighted by Crippen LogP contribution is -2.52. The standard InChI is InChI=1S/C55H68N12O6/c1-38-33-44(13-16-47(38)65-20-18-49(68)67(53(65)69)36-40-7-14-45(71-6)15-8-40)63-29-25-61(26-30-63)22-21-60-23-27-62(28-24-60)43-11-9-42(10-12-43)58-52-57-34-41-17-19-64(37-46(41)59-52)48-35-56-51-50(39(48)2)66(31-32-72-51)54(70)73-55(3,4)5/h7-16,33-35H,17-32,36-37H2,1-6H3,(H,57,58,59). The van der Waals surface area contributed by atoms with Crippen molar-refractivity contribution >= 4 is 58.1 Å². The molecule has 0 radical (unpaired) electrons. The number of urea groups is 1. The molecule has 18 nitrogen and oxygen atoms in total. The van der Waals surface area contributed by atoms with Crippen molar-refractivity contribution in [3.05, 3.63) is 107 Å². The maximum Gasteiger partial charge on any atom is 0.415 e. The summed E-state index contributed by atoms with van der Waals surface area (Å²) in [6.07, 6.45) is 4.44. The number of carbonyl (C=O) groups is 3. The summed E-state index contributed by atoms with van der Waals surface area (Å²) in [6.45, 7) is 22.4. The van der Waals surface area contributed by atoms with Gasteiger partial charge in [-0.1, -0.05) is 12.1 Å². The molecule has 0 unspecified atom stereocenters. The summed E-state index contributed by atoms with van der Waals surface area (Å²) >= 11 is 0. The molecule has 3 fully saturated rings. The molecule has 0 atom stereocenters. The van der Waals surface area contributed by atoms with Gasteiger partial charge in [0.15, 0.2) is 0 Å². The van der Waals surface area contributed by atoms with Gasteiger partial charge in [0.25, 0.3) is 0 Å². The molecule has 0 bridgehead atoms. The van der Waals surface area contributed by atoms with Crippen LogP contribution < -0.4 is 39.3 Å². The molecule has 73 heavy (non-hydrogen) atoms. The molecule has 3 saturated heterocycles. The third-order valence-electron chi connectivity index (χ3n) is 14.6. The van der Waals surface area contributed by atoms with Crippen molar-refractivity contribution in [3.8, 4) is 11.6 Å². The molecule has 7 heterocycles. The first kappa shape index (κ1) is 49.4. The monoisotopic (exact) mass is 993 g/mol. The first-order valence-corrected chi connectivity index (χ1v) is 25.7. The summed E-state index contributed by atoms with van der Waals surface area (Å²) in [4.78, 5) is 71.1. The lowest BCUT2D eigenvalue weighted by molar-refractivity contribution is -0.129. The molecule has 5 aromatic rings. The van der Waals surface area contributed by atoms with E-state index in [0.29, 0.717) is 50.2 Å². The van der Waals surface area contributed by atoms with Gasteiger partial charge < -0.3 is 34.2 Å². The van der Waals surface area contributed by atoms with Crippen LogP contribution in [-0.4, -0.2) is 152 Å². The third-order valence-corrected chi connectivity index (χ3v) is 14.6. The normalized spacial score (nSPS) is 17.8. The minimum absolute atomic E-state index is 0.151. The summed E-state index contributed by atoms with van der Waals surface area (Å²) in [7, 11) is 1.62. The van der Waals surface area contributed by atoms with Crippen LogP contribution in [0.4, 0.5) is 49.7 Å². The molecule has 1 N–H and O–H groups in total. The van der Waals surface area contributed by atoms with E-state index in [-0.39, 0.29) is 18.5 Å². The summed E-state index contributed by atoms with van der Waals surface area (Å²) in [5, 5.41) is 3.44. The number of ether oxygens (including phenoxy) is 3. The number of hydrogen-bond donors (Lipinski definition) is 1. The molecule has 0 saturated carbocycles. The molecule has 5 aliphatic heterocycles. The molecule has 10 rings (SSSR count). The number of fused-ring (bicyclic) bond motifs is 2. The lowest BCUT2D eigenvalue weighted by atomic mass is 10.0. The second-order valence-corrected chi connectivity index (χ2v) is 20.6.